The molecule has 0 N–H and O–H groups in total. The minimum absolute atomic E-state index is 0.276. The quantitative estimate of drug-likeness (QED) is 0.516. The van der Waals surface area contributed by atoms with Crippen LogP contribution in [0.3, 0.4) is 0 Å². The molecule has 2 aromatic carbocycles. The summed E-state index contributed by atoms with van der Waals surface area (Å²) in [6.07, 6.45) is 1.47. The van der Waals surface area contributed by atoms with Crippen molar-refractivity contribution in [3.63, 3.8) is 0 Å². The number of fused-ring (bicyclic) bond motifs is 1. The van der Waals surface area contributed by atoms with E-state index >= 15 is 0 Å². The number of hydrogen-bond acceptors (Lipinski definition) is 5. The summed E-state index contributed by atoms with van der Waals surface area (Å²) in [4.78, 5) is 9.39. The van der Waals surface area contributed by atoms with Crippen LogP contribution in [0.25, 0.3) is 21.3 Å². The molecule has 4 rings (SSSR count). The zero-order chi connectivity index (χ0) is 17.9. The van der Waals surface area contributed by atoms with Crippen LogP contribution >= 0.6 is 11.3 Å². The lowest BCUT2D eigenvalue weighted by Gasteiger charge is -2.08. The van der Waals surface area contributed by atoms with Gasteiger partial charge >= 0.3 is 0 Å². The number of nitriles is 1. The Morgan fingerprint density at radius 1 is 1.04 bits per heavy atom. The first-order chi connectivity index (χ1) is 12.7. The molecule has 0 saturated heterocycles. The zero-order valence-electron chi connectivity index (χ0n) is 13.5. The van der Waals surface area contributed by atoms with Crippen LogP contribution in [0.5, 0.6) is 5.88 Å². The highest BCUT2D eigenvalue weighted by Crippen LogP contribution is 2.37. The Kier molecular flexibility index (Phi) is 4.30. The van der Waals surface area contributed by atoms with Crippen LogP contribution in [-0.2, 0) is 6.61 Å². The van der Waals surface area contributed by atoms with Gasteiger partial charge in [-0.1, -0.05) is 24.3 Å². The SMILES string of the molecule is N#Cc1ccc(COc2ncnc3scc(-c4ccc(F)cc4)c23)cc1. The van der Waals surface area contributed by atoms with E-state index in [1.807, 2.05) is 17.5 Å². The van der Waals surface area contributed by atoms with Gasteiger partial charge in [0, 0.05) is 10.9 Å². The Bertz CT molecular complexity index is 1100. The monoisotopic (exact) mass is 361 g/mol. The van der Waals surface area contributed by atoms with Crippen molar-refractivity contribution in [1.29, 1.82) is 5.26 Å². The standard InChI is InChI=1S/C20H12FN3OS/c21-16-7-5-15(6-8-16)17-11-26-20-18(17)19(23-12-24-20)25-10-14-3-1-13(9-22)2-4-14/h1-8,11-12H,10H2. The first kappa shape index (κ1) is 16.2. The van der Waals surface area contributed by atoms with Crippen molar-refractivity contribution in [1.82, 2.24) is 9.97 Å². The van der Waals surface area contributed by atoms with Crippen molar-refractivity contribution in [3.8, 4) is 23.1 Å². The van der Waals surface area contributed by atoms with Crippen molar-refractivity contribution < 1.29 is 9.13 Å². The molecule has 0 amide bonds. The van der Waals surface area contributed by atoms with E-state index in [0.29, 0.717) is 18.1 Å². The molecule has 0 atom stereocenters. The molecule has 0 saturated carbocycles. The molecule has 0 radical (unpaired) electrons. The molecule has 4 aromatic rings. The van der Waals surface area contributed by atoms with Gasteiger partial charge in [-0.3, -0.25) is 0 Å². The second-order valence-electron chi connectivity index (χ2n) is 5.61. The molecule has 0 aliphatic rings. The van der Waals surface area contributed by atoms with Gasteiger partial charge in [0.25, 0.3) is 0 Å². The summed E-state index contributed by atoms with van der Waals surface area (Å²) in [5.41, 5.74) is 3.35. The molecule has 0 aliphatic heterocycles. The van der Waals surface area contributed by atoms with Crippen LogP contribution < -0.4 is 4.74 Å². The number of thiophene rings is 1. The number of halogens is 1. The van der Waals surface area contributed by atoms with Crippen LogP contribution in [-0.4, -0.2) is 9.97 Å². The zero-order valence-corrected chi connectivity index (χ0v) is 14.3. The lowest BCUT2D eigenvalue weighted by atomic mass is 10.1. The molecule has 0 unspecified atom stereocenters. The number of ether oxygens (including phenoxy) is 1. The third-order valence-corrected chi connectivity index (χ3v) is 4.84. The number of nitrogens with zero attached hydrogens (tertiary/aromatic N) is 3. The summed E-state index contributed by atoms with van der Waals surface area (Å²) in [7, 11) is 0. The highest BCUT2D eigenvalue weighted by Gasteiger charge is 2.14. The maximum absolute atomic E-state index is 13.2. The first-order valence-corrected chi connectivity index (χ1v) is 8.72. The molecule has 126 valence electrons. The van der Waals surface area contributed by atoms with E-state index in [2.05, 4.69) is 16.0 Å². The average molecular weight is 361 g/mol. The normalized spacial score (nSPS) is 10.6. The van der Waals surface area contributed by atoms with Gasteiger partial charge in [-0.2, -0.15) is 5.26 Å². The molecule has 0 spiro atoms. The van der Waals surface area contributed by atoms with Crippen molar-refractivity contribution >= 4 is 21.6 Å². The Morgan fingerprint density at radius 3 is 2.54 bits per heavy atom. The topological polar surface area (TPSA) is 58.8 Å². The maximum atomic E-state index is 13.2. The highest BCUT2D eigenvalue weighted by molar-refractivity contribution is 7.17. The summed E-state index contributed by atoms with van der Waals surface area (Å²) in [5.74, 6) is 0.210. The van der Waals surface area contributed by atoms with Crippen LogP contribution in [0.1, 0.15) is 11.1 Å². The second-order valence-corrected chi connectivity index (χ2v) is 6.47. The van der Waals surface area contributed by atoms with E-state index in [4.69, 9.17) is 10.00 Å². The highest BCUT2D eigenvalue weighted by atomic mass is 32.1. The predicted octanol–water partition coefficient (Wildman–Crippen LogP) is 4.95. The molecular weight excluding hydrogens is 349 g/mol. The first-order valence-electron chi connectivity index (χ1n) is 7.84. The second kappa shape index (κ2) is 6.90. The van der Waals surface area contributed by atoms with E-state index < -0.39 is 0 Å². The Morgan fingerprint density at radius 2 is 1.81 bits per heavy atom. The van der Waals surface area contributed by atoms with Gasteiger partial charge in [-0.05, 0) is 35.4 Å². The summed E-state index contributed by atoms with van der Waals surface area (Å²) < 4.78 is 19.1. The van der Waals surface area contributed by atoms with Crippen molar-refractivity contribution in [3.05, 3.63) is 77.2 Å². The predicted molar refractivity (Wildman–Crippen MR) is 98.3 cm³/mol. The third kappa shape index (κ3) is 3.13. The van der Waals surface area contributed by atoms with Crippen LogP contribution in [0, 0.1) is 17.1 Å². The van der Waals surface area contributed by atoms with Gasteiger partial charge < -0.3 is 4.74 Å². The number of benzene rings is 2. The molecule has 2 aromatic heterocycles. The molecule has 6 heteroatoms. The molecule has 26 heavy (non-hydrogen) atoms. The van der Waals surface area contributed by atoms with Crippen molar-refractivity contribution in [2.45, 2.75) is 6.61 Å². The molecular formula is C20H12FN3OS. The number of rotatable bonds is 4. The largest absolute Gasteiger partial charge is 0.472 e. The van der Waals surface area contributed by atoms with Crippen LogP contribution in [0.15, 0.2) is 60.2 Å². The number of aromatic nitrogens is 2. The van der Waals surface area contributed by atoms with E-state index in [9.17, 15) is 4.39 Å². The van der Waals surface area contributed by atoms with E-state index in [1.165, 1.54) is 29.8 Å². The van der Waals surface area contributed by atoms with Gasteiger partial charge in [0.15, 0.2) is 0 Å². The van der Waals surface area contributed by atoms with Gasteiger partial charge in [-0.15, -0.1) is 11.3 Å². The molecule has 4 nitrogen and oxygen atoms in total. The summed E-state index contributed by atoms with van der Waals surface area (Å²) in [5, 5.41) is 11.7. The maximum Gasteiger partial charge on any atom is 0.226 e. The van der Waals surface area contributed by atoms with E-state index in [1.54, 1.807) is 24.3 Å². The van der Waals surface area contributed by atoms with E-state index in [0.717, 1.165) is 26.9 Å². The van der Waals surface area contributed by atoms with Gasteiger partial charge in [0.1, 0.15) is 23.6 Å². The minimum Gasteiger partial charge on any atom is -0.472 e. The summed E-state index contributed by atoms with van der Waals surface area (Å²) in [6.45, 7) is 0.330. The van der Waals surface area contributed by atoms with Gasteiger partial charge in [0.05, 0.1) is 17.0 Å². The Hall–Kier alpha value is -3.30. The number of hydrogen-bond donors (Lipinski definition) is 0. The van der Waals surface area contributed by atoms with Gasteiger partial charge in [-0.25, -0.2) is 14.4 Å². The summed E-state index contributed by atoms with van der Waals surface area (Å²) >= 11 is 1.49. The van der Waals surface area contributed by atoms with Crippen molar-refractivity contribution in [2.24, 2.45) is 0 Å². The van der Waals surface area contributed by atoms with E-state index in [-0.39, 0.29) is 5.82 Å². The molecule has 0 fully saturated rings. The third-order valence-electron chi connectivity index (χ3n) is 3.95. The van der Waals surface area contributed by atoms with Crippen molar-refractivity contribution in [2.75, 3.05) is 0 Å². The molecule has 2 heterocycles. The lowest BCUT2D eigenvalue weighted by Crippen LogP contribution is -1.98. The Balaban J connectivity index is 1.67. The van der Waals surface area contributed by atoms with Gasteiger partial charge in [0.2, 0.25) is 5.88 Å². The fraction of sp³-hybridized carbons (Fsp3) is 0.0500. The minimum atomic E-state index is -0.276. The molecule has 0 bridgehead atoms. The van der Waals surface area contributed by atoms with Crippen LogP contribution in [0.2, 0.25) is 0 Å². The summed E-state index contributed by atoms with van der Waals surface area (Å²) in [6, 6.07) is 15.6. The lowest BCUT2D eigenvalue weighted by molar-refractivity contribution is 0.298. The fourth-order valence-electron chi connectivity index (χ4n) is 2.63. The fourth-order valence-corrected chi connectivity index (χ4v) is 3.53. The average Bonchev–Trinajstić information content (AvgIpc) is 3.12. The van der Waals surface area contributed by atoms with Crippen LogP contribution in [0.4, 0.5) is 4.39 Å². The Labute approximate surface area is 153 Å². The molecule has 0 aliphatic carbocycles. The smallest absolute Gasteiger partial charge is 0.226 e.